The van der Waals surface area contributed by atoms with E-state index < -0.39 is 0 Å². The fourth-order valence-corrected chi connectivity index (χ4v) is 2.04. The van der Waals surface area contributed by atoms with Gasteiger partial charge in [0.1, 0.15) is 0 Å². The Hall–Kier alpha value is -1.00. The zero-order valence-electron chi connectivity index (χ0n) is 9.19. The van der Waals surface area contributed by atoms with Gasteiger partial charge in [-0.2, -0.15) is 0 Å². The van der Waals surface area contributed by atoms with Gasteiger partial charge in [0, 0.05) is 37.7 Å². The molecule has 0 radical (unpaired) electrons. The van der Waals surface area contributed by atoms with Gasteiger partial charge in [0.2, 0.25) is 0 Å². The molecule has 0 bridgehead atoms. The fourth-order valence-electron chi connectivity index (χ4n) is 2.04. The van der Waals surface area contributed by atoms with Crippen LogP contribution in [0.1, 0.15) is 18.5 Å². The van der Waals surface area contributed by atoms with Crippen LogP contribution in [0.15, 0.2) is 18.6 Å². The Kier molecular flexibility index (Phi) is 3.64. The van der Waals surface area contributed by atoms with E-state index in [0.29, 0.717) is 6.04 Å². The van der Waals surface area contributed by atoms with Crippen LogP contribution in [-0.4, -0.2) is 41.0 Å². The molecule has 4 heteroatoms. The zero-order valence-corrected chi connectivity index (χ0v) is 9.19. The molecular weight excluding hydrogens is 188 g/mol. The molecule has 1 saturated heterocycles. The molecule has 1 unspecified atom stereocenters. The summed E-state index contributed by atoms with van der Waals surface area (Å²) < 4.78 is 0. The van der Waals surface area contributed by atoms with Crippen LogP contribution < -0.4 is 5.32 Å². The van der Waals surface area contributed by atoms with Gasteiger partial charge in [-0.3, -0.25) is 14.9 Å². The predicted molar refractivity (Wildman–Crippen MR) is 59.4 cm³/mol. The van der Waals surface area contributed by atoms with Gasteiger partial charge in [-0.25, -0.2) is 0 Å². The second-order valence-electron chi connectivity index (χ2n) is 4.19. The first-order valence-corrected chi connectivity index (χ1v) is 5.51. The molecule has 1 atom stereocenters. The number of hydrogen-bond acceptors (Lipinski definition) is 4. The van der Waals surface area contributed by atoms with Crippen molar-refractivity contribution in [3.05, 3.63) is 24.3 Å². The second kappa shape index (κ2) is 5.19. The minimum Gasteiger partial charge on any atom is -0.313 e. The molecule has 2 heterocycles. The lowest BCUT2D eigenvalue weighted by molar-refractivity contribution is 0.290. The number of aromatic nitrogens is 2. The molecule has 0 aliphatic carbocycles. The predicted octanol–water partition coefficient (Wildman–Crippen LogP) is 0.660. The highest BCUT2D eigenvalue weighted by Crippen LogP contribution is 2.07. The highest BCUT2D eigenvalue weighted by Gasteiger charge is 2.15. The minimum absolute atomic E-state index is 0.659. The van der Waals surface area contributed by atoms with Crippen molar-refractivity contribution in [3.8, 4) is 0 Å². The van der Waals surface area contributed by atoms with Crippen LogP contribution in [0.3, 0.4) is 0 Å². The van der Waals surface area contributed by atoms with Gasteiger partial charge in [0.25, 0.3) is 0 Å². The Balaban J connectivity index is 1.79. The van der Waals surface area contributed by atoms with Crippen molar-refractivity contribution in [1.82, 2.24) is 20.2 Å². The van der Waals surface area contributed by atoms with Gasteiger partial charge in [0.15, 0.2) is 0 Å². The van der Waals surface area contributed by atoms with Crippen LogP contribution in [-0.2, 0) is 6.54 Å². The summed E-state index contributed by atoms with van der Waals surface area (Å²) in [4.78, 5) is 10.6. The number of nitrogens with one attached hydrogen (secondary N) is 1. The molecule has 0 amide bonds. The van der Waals surface area contributed by atoms with Crippen LogP contribution in [0.2, 0.25) is 0 Å². The first-order valence-electron chi connectivity index (χ1n) is 5.51. The summed E-state index contributed by atoms with van der Waals surface area (Å²) in [7, 11) is 2.13. The van der Waals surface area contributed by atoms with Gasteiger partial charge >= 0.3 is 0 Å². The summed E-state index contributed by atoms with van der Waals surface area (Å²) in [5.41, 5.74) is 1.04. The minimum atomic E-state index is 0.659. The van der Waals surface area contributed by atoms with E-state index in [1.54, 1.807) is 12.4 Å². The molecule has 1 N–H and O–H groups in total. The SMILES string of the molecule is CN(Cc1cnccn1)CC1CCCN1. The number of rotatable bonds is 4. The van der Waals surface area contributed by atoms with Crippen LogP contribution >= 0.6 is 0 Å². The summed E-state index contributed by atoms with van der Waals surface area (Å²) in [5.74, 6) is 0. The molecule has 4 nitrogen and oxygen atoms in total. The second-order valence-corrected chi connectivity index (χ2v) is 4.19. The number of likely N-dealkylation sites (N-methyl/N-ethyl adjacent to an activating group) is 1. The molecule has 1 aromatic rings. The van der Waals surface area contributed by atoms with Crippen molar-refractivity contribution in [2.24, 2.45) is 0 Å². The lowest BCUT2D eigenvalue weighted by atomic mass is 10.2. The molecule has 1 fully saturated rings. The van der Waals surface area contributed by atoms with Gasteiger partial charge in [0.05, 0.1) is 5.69 Å². The Morgan fingerprint density at radius 3 is 3.13 bits per heavy atom. The van der Waals surface area contributed by atoms with E-state index in [2.05, 4.69) is 27.2 Å². The van der Waals surface area contributed by atoms with Crippen molar-refractivity contribution in [1.29, 1.82) is 0 Å². The molecule has 0 spiro atoms. The van der Waals surface area contributed by atoms with E-state index in [1.807, 2.05) is 6.20 Å². The van der Waals surface area contributed by atoms with Gasteiger partial charge < -0.3 is 5.32 Å². The van der Waals surface area contributed by atoms with Crippen molar-refractivity contribution in [3.63, 3.8) is 0 Å². The van der Waals surface area contributed by atoms with Crippen LogP contribution in [0.25, 0.3) is 0 Å². The molecule has 1 aliphatic heterocycles. The van der Waals surface area contributed by atoms with Gasteiger partial charge in [-0.1, -0.05) is 0 Å². The molecule has 0 saturated carbocycles. The summed E-state index contributed by atoms with van der Waals surface area (Å²) in [6.07, 6.45) is 7.89. The number of nitrogens with zero attached hydrogens (tertiary/aromatic N) is 3. The monoisotopic (exact) mass is 206 g/mol. The Labute approximate surface area is 90.7 Å². The van der Waals surface area contributed by atoms with Crippen LogP contribution in [0.5, 0.6) is 0 Å². The maximum atomic E-state index is 4.27. The van der Waals surface area contributed by atoms with Crippen LogP contribution in [0.4, 0.5) is 0 Å². The maximum absolute atomic E-state index is 4.27. The van der Waals surface area contributed by atoms with Crippen molar-refractivity contribution in [2.75, 3.05) is 20.1 Å². The molecule has 0 aromatic carbocycles. The van der Waals surface area contributed by atoms with Crippen molar-refractivity contribution in [2.45, 2.75) is 25.4 Å². The first kappa shape index (κ1) is 10.5. The van der Waals surface area contributed by atoms with E-state index in [0.717, 1.165) is 18.8 Å². The smallest absolute Gasteiger partial charge is 0.0726 e. The topological polar surface area (TPSA) is 41.1 Å². The fraction of sp³-hybridized carbons (Fsp3) is 0.636. The molecule has 82 valence electrons. The van der Waals surface area contributed by atoms with E-state index in [9.17, 15) is 0 Å². The normalized spacial score (nSPS) is 21.1. The summed E-state index contributed by atoms with van der Waals surface area (Å²) >= 11 is 0. The van der Waals surface area contributed by atoms with Crippen LogP contribution in [0, 0.1) is 0 Å². The molecular formula is C11H18N4. The molecule has 1 aromatic heterocycles. The Morgan fingerprint density at radius 2 is 2.47 bits per heavy atom. The Bertz CT molecular complexity index is 282. The quantitative estimate of drug-likeness (QED) is 0.786. The van der Waals surface area contributed by atoms with E-state index in [4.69, 9.17) is 0 Å². The highest BCUT2D eigenvalue weighted by atomic mass is 15.1. The van der Waals surface area contributed by atoms with E-state index in [-0.39, 0.29) is 0 Å². The largest absolute Gasteiger partial charge is 0.313 e. The standard InChI is InChI=1S/C11H18N4/c1-15(8-10-3-2-4-13-10)9-11-7-12-5-6-14-11/h5-7,10,13H,2-4,8-9H2,1H3. The Morgan fingerprint density at radius 1 is 1.53 bits per heavy atom. The van der Waals surface area contributed by atoms with Crippen molar-refractivity contribution >= 4 is 0 Å². The summed E-state index contributed by atoms with van der Waals surface area (Å²) in [5, 5.41) is 3.50. The molecule has 2 rings (SSSR count). The van der Waals surface area contributed by atoms with E-state index in [1.165, 1.54) is 19.4 Å². The zero-order chi connectivity index (χ0) is 10.5. The third kappa shape index (κ3) is 3.25. The van der Waals surface area contributed by atoms with E-state index >= 15 is 0 Å². The third-order valence-corrected chi connectivity index (χ3v) is 2.74. The average Bonchev–Trinajstić information content (AvgIpc) is 2.71. The maximum Gasteiger partial charge on any atom is 0.0726 e. The summed E-state index contributed by atoms with van der Waals surface area (Å²) in [6.45, 7) is 3.15. The lowest BCUT2D eigenvalue weighted by Gasteiger charge is -2.20. The average molecular weight is 206 g/mol. The first-order chi connectivity index (χ1) is 7.34. The van der Waals surface area contributed by atoms with Gasteiger partial charge in [-0.15, -0.1) is 0 Å². The van der Waals surface area contributed by atoms with Crippen molar-refractivity contribution < 1.29 is 0 Å². The molecule has 15 heavy (non-hydrogen) atoms. The van der Waals surface area contributed by atoms with Gasteiger partial charge in [-0.05, 0) is 26.4 Å². The highest BCUT2D eigenvalue weighted by molar-refractivity contribution is 4.94. The summed E-state index contributed by atoms with van der Waals surface area (Å²) in [6, 6.07) is 0.659. The number of hydrogen-bond donors (Lipinski definition) is 1. The molecule has 1 aliphatic rings. The third-order valence-electron chi connectivity index (χ3n) is 2.74. The lowest BCUT2D eigenvalue weighted by Crippen LogP contribution is -2.35.